The number of allylic oxidation sites excluding steroid dienone is 28. The van der Waals surface area contributed by atoms with Gasteiger partial charge in [-0.05, 0) is 135 Å². The number of rotatable bonds is 74. The summed E-state index contributed by atoms with van der Waals surface area (Å²) in [6.45, 7) is 4.08. The number of quaternary nitrogens is 1. The highest BCUT2D eigenvalue weighted by molar-refractivity contribution is 7.45. The predicted octanol–water partition coefficient (Wildman–Crippen LogP) is 27.0. The molecule has 2 atom stereocenters. The Morgan fingerprint density at radius 1 is 0.320 bits per heavy atom. The third-order valence-electron chi connectivity index (χ3n) is 17.2. The van der Waals surface area contributed by atoms with Crippen molar-refractivity contribution in [2.45, 2.75) is 341 Å². The number of carbonyl (C=O) groups excluding carboxylic acids is 2. The standard InChI is InChI=1S/C90H152NO8P/c1-6-8-10-12-14-16-18-20-22-24-26-28-30-32-34-36-38-40-42-44-45-47-49-51-53-55-57-59-61-63-65-67-69-71-73-75-77-79-81-83-90(93)99-88(87-98-100(94,95)97-85-84-91(3,4)5)86-96-89(92)82-80-78-76-74-72-70-68-66-64-62-60-58-56-54-52-50-48-46-43-41-39-37-35-33-31-29-27-25-23-21-19-17-15-13-11-9-7-2/h8,10,14,16,19-22,25-28,32,34,38,40,44-45,49,51,55,57,61,63,67,69,73,75,88H,6-7,9,11-13,15,17-18,23-24,29-31,33,35-37,39,41-43,46-48,50,52-54,56,58-60,62,64-66,68,70-72,74,76-87H2,1-5H3/b10-8-,16-14-,21-19-,22-20-,27-25-,28-26-,34-32-,40-38-,45-44-,51-49-,57-55-,63-61-,69-67-,75-73-. The van der Waals surface area contributed by atoms with Crippen LogP contribution in [0.1, 0.15) is 335 Å². The minimum Gasteiger partial charge on any atom is -0.756 e. The first-order valence-electron chi connectivity index (χ1n) is 40.8. The maximum absolute atomic E-state index is 12.9. The zero-order valence-corrected chi connectivity index (χ0v) is 66.0. The molecule has 0 aliphatic heterocycles. The molecule has 0 rings (SSSR count). The average Bonchev–Trinajstić information content (AvgIpc) is 1.07. The molecule has 0 aliphatic carbocycles. The highest BCUT2D eigenvalue weighted by Gasteiger charge is 2.22. The van der Waals surface area contributed by atoms with E-state index in [4.69, 9.17) is 18.5 Å². The van der Waals surface area contributed by atoms with E-state index in [2.05, 4.69) is 184 Å². The summed E-state index contributed by atoms with van der Waals surface area (Å²) >= 11 is 0. The van der Waals surface area contributed by atoms with Crippen molar-refractivity contribution in [3.63, 3.8) is 0 Å². The number of hydrogen-bond acceptors (Lipinski definition) is 8. The molecule has 2 unspecified atom stereocenters. The van der Waals surface area contributed by atoms with Crippen LogP contribution in [0.3, 0.4) is 0 Å². The Labute approximate surface area is 617 Å². The summed E-state index contributed by atoms with van der Waals surface area (Å²) in [6.07, 6.45) is 119. The first-order valence-corrected chi connectivity index (χ1v) is 42.3. The summed E-state index contributed by atoms with van der Waals surface area (Å²) in [6, 6.07) is 0. The molecule has 0 aliphatic rings. The smallest absolute Gasteiger partial charge is 0.306 e. The van der Waals surface area contributed by atoms with Crippen LogP contribution in [0.5, 0.6) is 0 Å². The van der Waals surface area contributed by atoms with Crippen molar-refractivity contribution in [2.24, 2.45) is 0 Å². The molecule has 0 aromatic carbocycles. The van der Waals surface area contributed by atoms with E-state index in [1.807, 2.05) is 21.1 Å². The monoisotopic (exact) mass is 1410 g/mol. The summed E-state index contributed by atoms with van der Waals surface area (Å²) < 4.78 is 34.3. The van der Waals surface area contributed by atoms with Crippen LogP contribution in [0.4, 0.5) is 0 Å². The molecule has 0 aromatic heterocycles. The second-order valence-electron chi connectivity index (χ2n) is 28.0. The van der Waals surface area contributed by atoms with Gasteiger partial charge in [-0.25, -0.2) is 0 Å². The maximum atomic E-state index is 12.9. The van der Waals surface area contributed by atoms with Gasteiger partial charge in [-0.15, -0.1) is 0 Å². The summed E-state index contributed by atoms with van der Waals surface area (Å²) in [4.78, 5) is 38.2. The largest absolute Gasteiger partial charge is 0.756 e. The normalized spacial score (nSPS) is 13.9. The van der Waals surface area contributed by atoms with Gasteiger partial charge in [0.2, 0.25) is 0 Å². The van der Waals surface area contributed by atoms with Crippen LogP contribution in [0, 0.1) is 0 Å². The molecule has 0 fully saturated rings. The highest BCUT2D eigenvalue weighted by Crippen LogP contribution is 2.38. The summed E-state index contributed by atoms with van der Waals surface area (Å²) in [5, 5.41) is 0. The van der Waals surface area contributed by atoms with Gasteiger partial charge in [0.05, 0.1) is 27.7 Å². The molecule has 9 nitrogen and oxygen atoms in total. The Morgan fingerprint density at radius 3 is 0.870 bits per heavy atom. The SMILES string of the molecule is CC/C=C\C/C=C\C/C=C\C/C=C\C/C=C\C/C=C\C/C=C\C/C=C\C/C=C\C/C=C\C/C=C\C/C=C\CCCCC(=O)OC(COC(=O)CCCCCCCCCCCCCCCCCCCCCCCCCCC/C=C\C/C=C\CCCCCCC)COP(=O)([O-])OCC[N+](C)(C)C. The quantitative estimate of drug-likeness (QED) is 0.0195. The van der Waals surface area contributed by atoms with E-state index >= 15 is 0 Å². The molecule has 0 saturated carbocycles. The van der Waals surface area contributed by atoms with Gasteiger partial charge < -0.3 is 27.9 Å². The van der Waals surface area contributed by atoms with E-state index in [-0.39, 0.29) is 26.1 Å². The third kappa shape index (κ3) is 82.3. The van der Waals surface area contributed by atoms with Crippen LogP contribution < -0.4 is 4.89 Å². The second kappa shape index (κ2) is 78.5. The first kappa shape index (κ1) is 95.4. The fourth-order valence-corrected chi connectivity index (χ4v) is 11.8. The van der Waals surface area contributed by atoms with Crippen LogP contribution in [-0.4, -0.2) is 70.0 Å². The molecule has 0 bridgehead atoms. The Balaban J connectivity index is 4.08. The molecular formula is C90H152NO8P. The van der Waals surface area contributed by atoms with Gasteiger partial charge >= 0.3 is 11.9 Å². The predicted molar refractivity (Wildman–Crippen MR) is 433 cm³/mol. The number of esters is 2. The van der Waals surface area contributed by atoms with Crippen molar-refractivity contribution in [1.29, 1.82) is 0 Å². The Morgan fingerprint density at radius 2 is 0.570 bits per heavy atom. The highest BCUT2D eigenvalue weighted by atomic mass is 31.2. The van der Waals surface area contributed by atoms with Gasteiger partial charge in [0.1, 0.15) is 19.8 Å². The molecule has 0 spiro atoms. The van der Waals surface area contributed by atoms with E-state index in [1.165, 1.54) is 186 Å². The lowest BCUT2D eigenvalue weighted by Crippen LogP contribution is -2.37. The Kier molecular flexibility index (Phi) is 74.9. The van der Waals surface area contributed by atoms with Crippen molar-refractivity contribution >= 4 is 19.8 Å². The average molecular weight is 1410 g/mol. The number of hydrogen-bond donors (Lipinski definition) is 0. The molecule has 0 amide bonds. The second-order valence-corrected chi connectivity index (χ2v) is 29.5. The van der Waals surface area contributed by atoms with Crippen molar-refractivity contribution in [1.82, 2.24) is 0 Å². The van der Waals surface area contributed by atoms with Crippen molar-refractivity contribution in [3.8, 4) is 0 Å². The molecule has 0 heterocycles. The van der Waals surface area contributed by atoms with Gasteiger partial charge in [0, 0.05) is 12.8 Å². The molecule has 0 aromatic rings. The van der Waals surface area contributed by atoms with Crippen LogP contribution in [0.15, 0.2) is 170 Å². The maximum Gasteiger partial charge on any atom is 0.306 e. The van der Waals surface area contributed by atoms with Crippen molar-refractivity contribution < 1.29 is 42.1 Å². The van der Waals surface area contributed by atoms with E-state index in [9.17, 15) is 19.0 Å². The lowest BCUT2D eigenvalue weighted by molar-refractivity contribution is -0.870. The van der Waals surface area contributed by atoms with Crippen molar-refractivity contribution in [3.05, 3.63) is 170 Å². The number of carbonyl (C=O) groups is 2. The molecule has 0 saturated heterocycles. The fourth-order valence-electron chi connectivity index (χ4n) is 11.0. The zero-order valence-electron chi connectivity index (χ0n) is 65.1. The van der Waals surface area contributed by atoms with Crippen LogP contribution >= 0.6 is 7.82 Å². The summed E-state index contributed by atoms with van der Waals surface area (Å²) in [5.41, 5.74) is 0. The van der Waals surface area contributed by atoms with Gasteiger partial charge in [-0.2, -0.15) is 0 Å². The third-order valence-corrected chi connectivity index (χ3v) is 18.2. The van der Waals surface area contributed by atoms with E-state index in [0.717, 1.165) is 116 Å². The van der Waals surface area contributed by atoms with E-state index < -0.39 is 32.5 Å². The van der Waals surface area contributed by atoms with Gasteiger partial charge in [0.25, 0.3) is 7.82 Å². The lowest BCUT2D eigenvalue weighted by atomic mass is 10.0. The molecule has 0 N–H and O–H groups in total. The number of likely N-dealkylation sites (N-methyl/N-ethyl adjacent to an activating group) is 1. The minimum absolute atomic E-state index is 0.0466. The molecular weight excluding hydrogens is 1250 g/mol. The molecule has 0 radical (unpaired) electrons. The van der Waals surface area contributed by atoms with Gasteiger partial charge in [-0.1, -0.05) is 357 Å². The molecule has 10 heteroatoms. The fraction of sp³-hybridized carbons (Fsp3) is 0.667. The van der Waals surface area contributed by atoms with Gasteiger partial charge in [0.15, 0.2) is 6.10 Å². The van der Waals surface area contributed by atoms with Crippen LogP contribution in [0.2, 0.25) is 0 Å². The topological polar surface area (TPSA) is 111 Å². The van der Waals surface area contributed by atoms with E-state index in [0.29, 0.717) is 17.4 Å². The number of phosphoric ester groups is 1. The minimum atomic E-state index is -4.67. The number of ether oxygens (including phenoxy) is 2. The van der Waals surface area contributed by atoms with Crippen molar-refractivity contribution in [2.75, 3.05) is 47.5 Å². The number of nitrogens with zero attached hydrogens (tertiary/aromatic N) is 1. The van der Waals surface area contributed by atoms with Crippen LogP contribution in [-0.2, 0) is 32.7 Å². The van der Waals surface area contributed by atoms with E-state index in [1.54, 1.807) is 0 Å². The van der Waals surface area contributed by atoms with Gasteiger partial charge in [-0.3, -0.25) is 14.2 Å². The molecule has 100 heavy (non-hydrogen) atoms. The Bertz CT molecular complexity index is 2300. The number of unbranched alkanes of at least 4 members (excludes halogenated alkanes) is 32. The lowest BCUT2D eigenvalue weighted by Gasteiger charge is -2.28. The summed E-state index contributed by atoms with van der Waals surface area (Å²) in [7, 11) is 1.13. The van der Waals surface area contributed by atoms with Crippen LogP contribution in [0.25, 0.3) is 0 Å². The Hall–Kier alpha value is -4.63. The molecule has 570 valence electrons. The zero-order chi connectivity index (χ0) is 72.5. The summed E-state index contributed by atoms with van der Waals surface area (Å²) in [5.74, 6) is -0.884. The first-order chi connectivity index (χ1) is 49.0. The number of phosphoric acid groups is 1.